The summed E-state index contributed by atoms with van der Waals surface area (Å²) in [5, 5.41) is 27.4. The fourth-order valence-corrected chi connectivity index (χ4v) is 2.87. The second-order valence-corrected chi connectivity index (χ2v) is 5.44. The van der Waals surface area contributed by atoms with Gasteiger partial charge in [-0.15, -0.1) is 5.10 Å². The lowest BCUT2D eigenvalue weighted by Gasteiger charge is -2.24. The van der Waals surface area contributed by atoms with Gasteiger partial charge in [-0.3, -0.25) is 15.2 Å². The number of nitro groups is 1. The predicted molar refractivity (Wildman–Crippen MR) is 85.0 cm³/mol. The molecule has 0 bridgehead atoms. The maximum Gasteiger partial charge on any atom is 0.269 e. The molecule has 0 unspecified atom stereocenters. The molecule has 3 N–H and O–H groups in total. The van der Waals surface area contributed by atoms with Gasteiger partial charge < -0.3 is 10.5 Å². The third kappa shape index (κ3) is 2.46. The highest BCUT2D eigenvalue weighted by Crippen LogP contribution is 2.43. The number of benzene rings is 1. The molecule has 0 spiro atoms. The van der Waals surface area contributed by atoms with Gasteiger partial charge in [-0.1, -0.05) is 25.5 Å². The fourth-order valence-electron chi connectivity index (χ4n) is 2.87. The first kappa shape index (κ1) is 15.6. The van der Waals surface area contributed by atoms with Crippen LogP contribution in [0.1, 0.15) is 36.1 Å². The number of aromatic nitrogens is 2. The van der Waals surface area contributed by atoms with Crippen molar-refractivity contribution in [3.05, 3.63) is 62.7 Å². The smallest absolute Gasteiger partial charge is 0.269 e. The van der Waals surface area contributed by atoms with E-state index < -0.39 is 10.8 Å². The molecule has 1 aliphatic rings. The number of nitrogens with zero attached hydrogens (tertiary/aromatic N) is 3. The first-order valence-electron chi connectivity index (χ1n) is 7.45. The van der Waals surface area contributed by atoms with Crippen molar-refractivity contribution in [2.75, 3.05) is 0 Å². The molecule has 0 saturated heterocycles. The topological polar surface area (TPSA) is 131 Å². The summed E-state index contributed by atoms with van der Waals surface area (Å²) in [6.07, 6.45) is 1.64. The van der Waals surface area contributed by atoms with E-state index in [4.69, 9.17) is 10.5 Å². The summed E-state index contributed by atoms with van der Waals surface area (Å²) in [6.45, 7) is 2.03. The highest BCUT2D eigenvalue weighted by Gasteiger charge is 2.35. The molecule has 2 aromatic rings. The Morgan fingerprint density at radius 3 is 2.75 bits per heavy atom. The van der Waals surface area contributed by atoms with Crippen molar-refractivity contribution >= 4 is 5.69 Å². The third-order valence-electron chi connectivity index (χ3n) is 3.96. The normalized spacial score (nSPS) is 16.2. The van der Waals surface area contributed by atoms with Gasteiger partial charge in [-0.2, -0.15) is 5.26 Å². The van der Waals surface area contributed by atoms with Crippen LogP contribution in [-0.2, 0) is 6.42 Å². The number of nitrogens with one attached hydrogen (secondary N) is 1. The largest absolute Gasteiger partial charge is 0.420 e. The summed E-state index contributed by atoms with van der Waals surface area (Å²) in [5.74, 6) is -0.110. The Kier molecular flexibility index (Phi) is 3.92. The maximum atomic E-state index is 10.8. The van der Waals surface area contributed by atoms with E-state index in [1.165, 1.54) is 12.1 Å². The van der Waals surface area contributed by atoms with E-state index in [9.17, 15) is 15.4 Å². The van der Waals surface area contributed by atoms with E-state index in [2.05, 4.69) is 16.3 Å². The number of allylic oxidation sites excluding steroid dienone is 1. The zero-order valence-electron chi connectivity index (χ0n) is 12.9. The number of hydrogen-bond donors (Lipinski definition) is 2. The zero-order valence-corrected chi connectivity index (χ0v) is 12.9. The number of nitrogens with two attached hydrogens (primary N) is 1. The van der Waals surface area contributed by atoms with Crippen LogP contribution in [0.2, 0.25) is 0 Å². The predicted octanol–water partition coefficient (Wildman–Crippen LogP) is 2.49. The zero-order chi connectivity index (χ0) is 17.3. The number of hydrogen-bond acceptors (Lipinski definition) is 6. The van der Waals surface area contributed by atoms with Gasteiger partial charge in [0.05, 0.1) is 10.8 Å². The quantitative estimate of drug-likeness (QED) is 0.656. The van der Waals surface area contributed by atoms with Gasteiger partial charge in [0.2, 0.25) is 11.8 Å². The van der Waals surface area contributed by atoms with Crippen LogP contribution in [0.3, 0.4) is 0 Å². The summed E-state index contributed by atoms with van der Waals surface area (Å²) in [6, 6.07) is 8.18. The molecule has 2 heterocycles. The first-order chi connectivity index (χ1) is 11.6. The van der Waals surface area contributed by atoms with E-state index in [1.54, 1.807) is 12.1 Å². The molecule has 24 heavy (non-hydrogen) atoms. The van der Waals surface area contributed by atoms with Crippen LogP contribution in [0.4, 0.5) is 5.69 Å². The van der Waals surface area contributed by atoms with Crippen molar-refractivity contribution in [3.63, 3.8) is 0 Å². The SMILES string of the molecule is CCCc1[nH]nc2c1[C@@H](c1ccc([N+](=O)[O-])cc1)C(C#N)=C(N)O2. The van der Waals surface area contributed by atoms with Crippen molar-refractivity contribution in [2.24, 2.45) is 5.73 Å². The van der Waals surface area contributed by atoms with Crippen molar-refractivity contribution < 1.29 is 9.66 Å². The standard InChI is InChI=1S/C16H15N5O3/c1-2-3-12-14-13(9-4-6-10(7-5-9)21(22)23)11(8-17)15(18)24-16(14)20-19-12/h4-7,13H,2-3,18H2,1H3,(H,19,20)/t13-/m0/s1. The van der Waals surface area contributed by atoms with Crippen molar-refractivity contribution in [1.29, 1.82) is 5.26 Å². The minimum atomic E-state index is -0.463. The van der Waals surface area contributed by atoms with E-state index >= 15 is 0 Å². The molecule has 0 saturated carbocycles. The van der Waals surface area contributed by atoms with Crippen molar-refractivity contribution in [2.45, 2.75) is 25.7 Å². The summed E-state index contributed by atoms with van der Waals surface area (Å²) >= 11 is 0. The minimum absolute atomic E-state index is 0.00269. The Morgan fingerprint density at radius 1 is 1.46 bits per heavy atom. The molecule has 0 fully saturated rings. The monoisotopic (exact) mass is 325 g/mol. The van der Waals surface area contributed by atoms with Crippen LogP contribution in [0.25, 0.3) is 0 Å². The van der Waals surface area contributed by atoms with Gasteiger partial charge in [0.15, 0.2) is 0 Å². The molecule has 0 radical (unpaired) electrons. The van der Waals surface area contributed by atoms with Crippen LogP contribution >= 0.6 is 0 Å². The average molecular weight is 325 g/mol. The van der Waals surface area contributed by atoms with Gasteiger partial charge in [-0.05, 0) is 12.0 Å². The molecule has 0 aliphatic carbocycles. The number of nitriles is 1. The summed E-state index contributed by atoms with van der Waals surface area (Å²) in [7, 11) is 0. The Balaban J connectivity index is 2.15. The summed E-state index contributed by atoms with van der Waals surface area (Å²) < 4.78 is 5.46. The number of H-pyrrole nitrogens is 1. The molecular formula is C16H15N5O3. The van der Waals surface area contributed by atoms with Crippen LogP contribution < -0.4 is 10.5 Å². The third-order valence-corrected chi connectivity index (χ3v) is 3.96. The van der Waals surface area contributed by atoms with Gasteiger partial charge >= 0.3 is 0 Å². The molecule has 8 heteroatoms. The van der Waals surface area contributed by atoms with Gasteiger partial charge in [0.1, 0.15) is 11.6 Å². The average Bonchev–Trinajstić information content (AvgIpc) is 2.96. The molecule has 3 rings (SSSR count). The lowest BCUT2D eigenvalue weighted by Crippen LogP contribution is -2.21. The lowest BCUT2D eigenvalue weighted by atomic mass is 9.83. The number of rotatable bonds is 4. The Labute approximate surface area is 137 Å². The molecule has 1 aromatic carbocycles. The number of fused-ring (bicyclic) bond motifs is 1. The number of non-ortho nitro benzene ring substituents is 1. The minimum Gasteiger partial charge on any atom is -0.420 e. The van der Waals surface area contributed by atoms with Gasteiger partial charge in [-0.25, -0.2) is 0 Å². The molecule has 1 atom stereocenters. The molecule has 1 aliphatic heterocycles. The Bertz CT molecular complexity index is 861. The van der Waals surface area contributed by atoms with Crippen LogP contribution in [0, 0.1) is 21.4 Å². The second kappa shape index (κ2) is 6.04. The Hall–Kier alpha value is -3.34. The number of aryl methyl sites for hydroxylation is 1. The van der Waals surface area contributed by atoms with E-state index in [0.29, 0.717) is 5.88 Å². The lowest BCUT2D eigenvalue weighted by molar-refractivity contribution is -0.384. The molecule has 122 valence electrons. The van der Waals surface area contributed by atoms with Crippen molar-refractivity contribution in [3.8, 4) is 11.9 Å². The molecule has 1 aromatic heterocycles. The number of aromatic amines is 1. The van der Waals surface area contributed by atoms with Gasteiger partial charge in [0, 0.05) is 23.4 Å². The first-order valence-corrected chi connectivity index (χ1v) is 7.45. The van der Waals surface area contributed by atoms with Crippen LogP contribution in [0.5, 0.6) is 5.88 Å². The highest BCUT2D eigenvalue weighted by molar-refractivity contribution is 5.55. The molecule has 8 nitrogen and oxygen atoms in total. The van der Waals surface area contributed by atoms with E-state index in [-0.39, 0.29) is 17.1 Å². The second-order valence-electron chi connectivity index (χ2n) is 5.44. The van der Waals surface area contributed by atoms with E-state index in [1.807, 2.05) is 6.92 Å². The number of nitro benzene ring substituents is 1. The van der Waals surface area contributed by atoms with Crippen molar-refractivity contribution in [1.82, 2.24) is 10.2 Å². The molecular weight excluding hydrogens is 310 g/mol. The molecule has 0 amide bonds. The summed E-state index contributed by atoms with van der Waals surface area (Å²) in [4.78, 5) is 10.4. The Morgan fingerprint density at radius 2 is 2.17 bits per heavy atom. The summed E-state index contributed by atoms with van der Waals surface area (Å²) in [5.41, 5.74) is 8.49. The number of ether oxygens (including phenoxy) is 1. The van der Waals surface area contributed by atoms with E-state index in [0.717, 1.165) is 29.7 Å². The van der Waals surface area contributed by atoms with Crippen LogP contribution in [0.15, 0.2) is 35.7 Å². The highest BCUT2D eigenvalue weighted by atomic mass is 16.6. The van der Waals surface area contributed by atoms with Crippen LogP contribution in [-0.4, -0.2) is 15.1 Å². The maximum absolute atomic E-state index is 10.8. The fraction of sp³-hybridized carbons (Fsp3) is 0.250. The van der Waals surface area contributed by atoms with Gasteiger partial charge in [0.25, 0.3) is 5.69 Å².